The zero-order valence-corrected chi connectivity index (χ0v) is 11.7. The van der Waals surface area contributed by atoms with Gasteiger partial charge < -0.3 is 0 Å². The van der Waals surface area contributed by atoms with Crippen molar-refractivity contribution in [3.05, 3.63) is 35.5 Å². The summed E-state index contributed by atoms with van der Waals surface area (Å²) in [5, 5.41) is 4.01. The van der Waals surface area contributed by atoms with Crippen LogP contribution in [-0.2, 0) is 23.0 Å². The van der Waals surface area contributed by atoms with Crippen LogP contribution < -0.4 is 4.72 Å². The van der Waals surface area contributed by atoms with Crippen molar-refractivity contribution in [1.82, 2.24) is 14.5 Å². The van der Waals surface area contributed by atoms with Gasteiger partial charge in [0.2, 0.25) is 10.0 Å². The van der Waals surface area contributed by atoms with Gasteiger partial charge in [0.05, 0.1) is 6.54 Å². The molecule has 0 spiro atoms. The lowest BCUT2D eigenvalue weighted by molar-refractivity contribution is 0.562. The molecule has 7 heteroatoms. The lowest BCUT2D eigenvalue weighted by Gasteiger charge is -2.04. The first-order valence-corrected chi connectivity index (χ1v) is 7.97. The minimum absolute atomic E-state index is 0.337. The molecule has 0 bridgehead atoms. The van der Waals surface area contributed by atoms with Gasteiger partial charge in [0, 0.05) is 23.8 Å². The van der Waals surface area contributed by atoms with E-state index in [0.717, 1.165) is 11.3 Å². The molecule has 0 fully saturated rings. The molecule has 0 amide bonds. The molecule has 1 N–H and O–H groups in total. The van der Waals surface area contributed by atoms with E-state index in [4.69, 9.17) is 0 Å². The van der Waals surface area contributed by atoms with E-state index >= 15 is 0 Å². The quantitative estimate of drug-likeness (QED) is 0.874. The number of thiophene rings is 1. The van der Waals surface area contributed by atoms with Crippen LogP contribution in [0.4, 0.5) is 0 Å². The fourth-order valence-corrected chi connectivity index (χ4v) is 3.85. The van der Waals surface area contributed by atoms with Crippen molar-refractivity contribution in [1.29, 1.82) is 0 Å². The molecule has 0 aliphatic heterocycles. The van der Waals surface area contributed by atoms with E-state index in [2.05, 4.69) is 9.82 Å². The molecule has 0 aromatic carbocycles. The van der Waals surface area contributed by atoms with Crippen LogP contribution in [0.25, 0.3) is 0 Å². The molecule has 2 aromatic rings. The fraction of sp³-hybridized carbons (Fsp3) is 0.364. The number of sulfonamides is 1. The molecule has 98 valence electrons. The predicted molar refractivity (Wildman–Crippen MR) is 71.1 cm³/mol. The Morgan fingerprint density at radius 2 is 2.28 bits per heavy atom. The molecule has 2 aromatic heterocycles. The highest BCUT2D eigenvalue weighted by molar-refractivity contribution is 7.91. The molecular formula is C11H15N3O2S2. The van der Waals surface area contributed by atoms with E-state index in [9.17, 15) is 8.42 Å². The van der Waals surface area contributed by atoms with Gasteiger partial charge in [0.15, 0.2) is 0 Å². The van der Waals surface area contributed by atoms with Gasteiger partial charge >= 0.3 is 0 Å². The Morgan fingerprint density at radius 1 is 1.44 bits per heavy atom. The molecule has 2 heterocycles. The smallest absolute Gasteiger partial charge is 0.250 e. The lowest BCUT2D eigenvalue weighted by Crippen LogP contribution is -2.26. The fourth-order valence-electron chi connectivity index (χ4n) is 1.49. The molecule has 0 atom stereocenters. The van der Waals surface area contributed by atoms with Crippen LogP contribution >= 0.6 is 11.3 Å². The maximum atomic E-state index is 12.0. The number of aromatic nitrogens is 2. The zero-order valence-electron chi connectivity index (χ0n) is 10.0. The third-order valence-electron chi connectivity index (χ3n) is 2.44. The van der Waals surface area contributed by atoms with Crippen molar-refractivity contribution < 1.29 is 8.42 Å². The summed E-state index contributed by atoms with van der Waals surface area (Å²) >= 11 is 1.31. The summed E-state index contributed by atoms with van der Waals surface area (Å²) in [4.78, 5) is 1.07. The molecule has 0 aliphatic carbocycles. The predicted octanol–water partition coefficient (Wildman–Crippen LogP) is 1.49. The van der Waals surface area contributed by atoms with E-state index in [1.54, 1.807) is 29.2 Å². The summed E-state index contributed by atoms with van der Waals surface area (Å²) in [5.74, 6) is 0. The Hall–Kier alpha value is -1.18. The highest BCUT2D eigenvalue weighted by Crippen LogP contribution is 2.21. The van der Waals surface area contributed by atoms with Crippen molar-refractivity contribution in [2.45, 2.75) is 24.1 Å². The van der Waals surface area contributed by atoms with Crippen LogP contribution in [0.15, 0.2) is 34.8 Å². The maximum absolute atomic E-state index is 12.0. The van der Waals surface area contributed by atoms with E-state index in [1.807, 2.05) is 13.0 Å². The van der Waals surface area contributed by atoms with Crippen LogP contribution in [0.2, 0.25) is 0 Å². The van der Waals surface area contributed by atoms with E-state index < -0.39 is 10.0 Å². The highest BCUT2D eigenvalue weighted by Gasteiger charge is 2.15. The molecule has 0 saturated carbocycles. The van der Waals surface area contributed by atoms with Gasteiger partial charge in [-0.2, -0.15) is 5.10 Å². The minimum atomic E-state index is -3.38. The normalized spacial score (nSPS) is 11.8. The van der Waals surface area contributed by atoms with Crippen molar-refractivity contribution >= 4 is 21.4 Å². The first kappa shape index (κ1) is 13.3. The summed E-state index contributed by atoms with van der Waals surface area (Å²) in [5.41, 5.74) is 0. The van der Waals surface area contributed by atoms with Crippen LogP contribution in [-0.4, -0.2) is 24.7 Å². The van der Waals surface area contributed by atoms with Gasteiger partial charge in [-0.3, -0.25) is 4.68 Å². The van der Waals surface area contributed by atoms with Crippen LogP contribution in [0.3, 0.4) is 0 Å². The monoisotopic (exact) mass is 285 g/mol. The minimum Gasteiger partial charge on any atom is -0.271 e. The van der Waals surface area contributed by atoms with Gasteiger partial charge in [-0.1, -0.05) is 6.92 Å². The second-order valence-corrected chi connectivity index (χ2v) is 6.90. The number of aryl methyl sites for hydroxylation is 1. The van der Waals surface area contributed by atoms with Gasteiger partial charge in [-0.15, -0.1) is 11.3 Å². The lowest BCUT2D eigenvalue weighted by atomic mass is 10.4. The topological polar surface area (TPSA) is 64.0 Å². The number of rotatable bonds is 6. The second-order valence-electron chi connectivity index (χ2n) is 3.74. The first-order valence-electron chi connectivity index (χ1n) is 5.67. The summed E-state index contributed by atoms with van der Waals surface area (Å²) in [6.07, 6.45) is 4.32. The SMILES string of the molecule is CCc1ccc(S(=O)(=O)NCCn2cccn2)s1. The molecule has 5 nitrogen and oxygen atoms in total. The second kappa shape index (κ2) is 5.64. The van der Waals surface area contributed by atoms with Gasteiger partial charge in [-0.05, 0) is 24.6 Å². The van der Waals surface area contributed by atoms with Gasteiger partial charge in [0.25, 0.3) is 0 Å². The van der Waals surface area contributed by atoms with Crippen molar-refractivity contribution in [2.75, 3.05) is 6.54 Å². The first-order chi connectivity index (χ1) is 8.62. The Morgan fingerprint density at radius 3 is 2.89 bits per heavy atom. The largest absolute Gasteiger partial charge is 0.271 e. The molecule has 0 saturated heterocycles. The van der Waals surface area contributed by atoms with Crippen LogP contribution in [0.5, 0.6) is 0 Å². The van der Waals surface area contributed by atoms with E-state index in [0.29, 0.717) is 17.3 Å². The number of hydrogen-bond acceptors (Lipinski definition) is 4. The van der Waals surface area contributed by atoms with Gasteiger partial charge in [0.1, 0.15) is 4.21 Å². The molecular weight excluding hydrogens is 270 g/mol. The van der Waals surface area contributed by atoms with Gasteiger partial charge in [-0.25, -0.2) is 13.1 Å². The standard InChI is InChI=1S/C11H15N3O2S2/c1-2-10-4-5-11(17-10)18(15,16)13-7-9-14-8-3-6-12-14/h3-6,8,13H,2,7,9H2,1H3. The number of hydrogen-bond donors (Lipinski definition) is 1. The summed E-state index contributed by atoms with van der Waals surface area (Å²) in [6, 6.07) is 5.31. The van der Waals surface area contributed by atoms with E-state index in [1.165, 1.54) is 11.3 Å². The Labute approximate surface area is 111 Å². The summed E-state index contributed by atoms with van der Waals surface area (Å²) < 4.78 is 28.6. The van der Waals surface area contributed by atoms with Crippen molar-refractivity contribution in [3.8, 4) is 0 Å². The Kier molecular flexibility index (Phi) is 4.15. The van der Waals surface area contributed by atoms with Crippen molar-refractivity contribution in [2.24, 2.45) is 0 Å². The average Bonchev–Trinajstić information content (AvgIpc) is 2.99. The third-order valence-corrected chi connectivity index (χ3v) is 5.62. The maximum Gasteiger partial charge on any atom is 0.250 e. The third kappa shape index (κ3) is 3.18. The Balaban J connectivity index is 1.95. The molecule has 0 aliphatic rings. The molecule has 0 radical (unpaired) electrons. The molecule has 2 rings (SSSR count). The Bertz CT molecular complexity index is 588. The van der Waals surface area contributed by atoms with Crippen LogP contribution in [0.1, 0.15) is 11.8 Å². The molecule has 18 heavy (non-hydrogen) atoms. The van der Waals surface area contributed by atoms with Crippen LogP contribution in [0, 0.1) is 0 Å². The average molecular weight is 285 g/mol. The summed E-state index contributed by atoms with van der Waals surface area (Å²) in [6.45, 7) is 2.87. The number of nitrogens with one attached hydrogen (secondary N) is 1. The highest BCUT2D eigenvalue weighted by atomic mass is 32.2. The molecule has 0 unspecified atom stereocenters. The number of nitrogens with zero attached hydrogens (tertiary/aromatic N) is 2. The van der Waals surface area contributed by atoms with E-state index in [-0.39, 0.29) is 0 Å². The summed E-state index contributed by atoms with van der Waals surface area (Å²) in [7, 11) is -3.38. The zero-order chi connectivity index (χ0) is 13.0. The van der Waals surface area contributed by atoms with Crippen molar-refractivity contribution in [3.63, 3.8) is 0 Å².